The van der Waals surface area contributed by atoms with Gasteiger partial charge in [-0.1, -0.05) is 19.3 Å². The van der Waals surface area contributed by atoms with Crippen molar-refractivity contribution in [2.75, 3.05) is 0 Å². The monoisotopic (exact) mass is 227 g/mol. The van der Waals surface area contributed by atoms with Crippen LogP contribution in [0.5, 0.6) is 0 Å². The molecule has 76 valence electrons. The van der Waals surface area contributed by atoms with Crippen molar-refractivity contribution < 1.29 is 0 Å². The third kappa shape index (κ3) is 2.09. The lowest BCUT2D eigenvalue weighted by molar-refractivity contribution is 0.343. The largest absolute Gasteiger partial charge is 0.308 e. The Morgan fingerprint density at radius 2 is 2.00 bits per heavy atom. The van der Waals surface area contributed by atoms with Crippen LogP contribution in [0.3, 0.4) is 0 Å². The van der Waals surface area contributed by atoms with Crippen LogP contribution in [0.4, 0.5) is 0 Å². The second-order valence-corrected chi connectivity index (χ2v) is 4.45. The number of aromatic nitrogens is 3. The van der Waals surface area contributed by atoms with Crippen molar-refractivity contribution in [2.24, 2.45) is 0 Å². The van der Waals surface area contributed by atoms with Crippen LogP contribution in [0.2, 0.25) is 0 Å². The molecule has 14 heavy (non-hydrogen) atoms. The van der Waals surface area contributed by atoms with Gasteiger partial charge < -0.3 is 9.55 Å². The fraction of sp³-hybridized carbons (Fsp3) is 0.667. The summed E-state index contributed by atoms with van der Waals surface area (Å²) in [7, 11) is 0. The Hall–Kier alpha value is -0.550. The summed E-state index contributed by atoms with van der Waals surface area (Å²) in [6.07, 6.45) is 8.13. The average Bonchev–Trinajstić information content (AvgIpc) is 2.19. The van der Waals surface area contributed by atoms with E-state index in [1.165, 1.54) is 32.1 Å². The number of nitrogens with zero attached hydrogens (tertiary/aromatic N) is 2. The van der Waals surface area contributed by atoms with Gasteiger partial charge in [0.2, 0.25) is 0 Å². The van der Waals surface area contributed by atoms with Crippen LogP contribution in [0.25, 0.3) is 0 Å². The number of aromatic amines is 1. The highest BCUT2D eigenvalue weighted by Gasteiger charge is 2.14. The lowest BCUT2D eigenvalue weighted by Crippen LogP contribution is -2.15. The van der Waals surface area contributed by atoms with E-state index in [9.17, 15) is 0 Å². The molecule has 0 unspecified atom stereocenters. The predicted molar refractivity (Wildman–Crippen MR) is 60.4 cm³/mol. The molecule has 5 heteroatoms. The molecule has 1 aromatic rings. The normalized spacial score (nSPS) is 18.3. The van der Waals surface area contributed by atoms with Crippen LogP contribution in [0.1, 0.15) is 38.1 Å². The zero-order chi connectivity index (χ0) is 9.97. The SMILES string of the molecule is S=c1ncn(C2CCCCC2)c(=S)[nH]1. The lowest BCUT2D eigenvalue weighted by atomic mass is 9.95. The van der Waals surface area contributed by atoms with Crippen molar-refractivity contribution in [3.8, 4) is 0 Å². The van der Waals surface area contributed by atoms with Gasteiger partial charge in [0.25, 0.3) is 0 Å². The Kier molecular flexibility index (Phi) is 3.08. The molecule has 0 aliphatic heterocycles. The fourth-order valence-electron chi connectivity index (χ4n) is 1.97. The predicted octanol–water partition coefficient (Wildman–Crippen LogP) is 3.18. The third-order valence-electron chi connectivity index (χ3n) is 2.72. The summed E-state index contributed by atoms with van der Waals surface area (Å²) in [6.45, 7) is 0. The molecule has 0 saturated heterocycles. The summed E-state index contributed by atoms with van der Waals surface area (Å²) < 4.78 is 3.23. The number of hydrogen-bond donors (Lipinski definition) is 1. The van der Waals surface area contributed by atoms with Gasteiger partial charge in [0.1, 0.15) is 6.33 Å². The van der Waals surface area contributed by atoms with E-state index in [1.807, 2.05) is 4.57 Å². The van der Waals surface area contributed by atoms with E-state index in [4.69, 9.17) is 24.4 Å². The maximum absolute atomic E-state index is 5.22. The number of rotatable bonds is 1. The summed E-state index contributed by atoms with van der Waals surface area (Å²) in [6, 6.07) is 0.524. The molecule has 1 N–H and O–H groups in total. The van der Waals surface area contributed by atoms with Crippen LogP contribution in [0.15, 0.2) is 6.33 Å². The molecule has 1 saturated carbocycles. The van der Waals surface area contributed by atoms with Crippen molar-refractivity contribution in [3.63, 3.8) is 0 Å². The highest BCUT2D eigenvalue weighted by Crippen LogP contribution is 2.27. The van der Waals surface area contributed by atoms with Crippen LogP contribution >= 0.6 is 24.4 Å². The molecular formula is C9H13N3S2. The second-order valence-electron chi connectivity index (χ2n) is 3.68. The first-order valence-corrected chi connectivity index (χ1v) is 5.76. The first-order chi connectivity index (χ1) is 6.77. The molecule has 0 spiro atoms. The standard InChI is InChI=1S/C9H13N3S2/c13-8-10-6-12(9(14)11-8)7-4-2-1-3-5-7/h6-7H,1-5H2,(H,11,13,14). The Balaban J connectivity index is 2.31. The van der Waals surface area contributed by atoms with Crippen LogP contribution < -0.4 is 0 Å². The smallest absolute Gasteiger partial charge is 0.200 e. The summed E-state index contributed by atoms with van der Waals surface area (Å²) >= 11 is 10.1. The Labute approximate surface area is 93.2 Å². The molecule has 1 aliphatic rings. The highest BCUT2D eigenvalue weighted by atomic mass is 32.1. The third-order valence-corrected chi connectivity index (χ3v) is 3.24. The number of hydrogen-bond acceptors (Lipinski definition) is 3. The summed E-state index contributed by atoms with van der Waals surface area (Å²) in [5.74, 6) is 0. The molecule has 0 bridgehead atoms. The minimum absolute atomic E-state index is 0.474. The van der Waals surface area contributed by atoms with E-state index in [0.29, 0.717) is 15.6 Å². The fourth-order valence-corrected chi connectivity index (χ4v) is 2.48. The van der Waals surface area contributed by atoms with E-state index in [2.05, 4.69) is 9.97 Å². The zero-order valence-electron chi connectivity index (χ0n) is 7.90. The summed E-state index contributed by atoms with van der Waals surface area (Å²) in [5, 5.41) is 0. The minimum Gasteiger partial charge on any atom is -0.308 e. The molecule has 0 amide bonds. The van der Waals surface area contributed by atoms with Gasteiger partial charge in [-0.3, -0.25) is 0 Å². The van der Waals surface area contributed by atoms with Gasteiger partial charge in [-0.2, -0.15) is 0 Å². The molecule has 1 aliphatic carbocycles. The number of H-pyrrole nitrogens is 1. The molecular weight excluding hydrogens is 214 g/mol. The second kappa shape index (κ2) is 4.31. The number of nitrogens with one attached hydrogen (secondary N) is 1. The Morgan fingerprint density at radius 1 is 1.29 bits per heavy atom. The maximum atomic E-state index is 5.22. The molecule has 3 nitrogen and oxygen atoms in total. The van der Waals surface area contributed by atoms with Gasteiger partial charge in [-0.05, 0) is 37.3 Å². The Morgan fingerprint density at radius 3 is 2.64 bits per heavy atom. The molecule has 0 aromatic carbocycles. The van der Waals surface area contributed by atoms with Gasteiger partial charge in [-0.25, -0.2) is 4.98 Å². The van der Waals surface area contributed by atoms with E-state index in [1.54, 1.807) is 6.33 Å². The average molecular weight is 227 g/mol. The first kappa shape index (κ1) is 9.98. The Bertz CT molecular complexity index is 415. The molecule has 2 rings (SSSR count). The molecule has 1 fully saturated rings. The lowest BCUT2D eigenvalue weighted by Gasteiger charge is -2.23. The van der Waals surface area contributed by atoms with Crippen molar-refractivity contribution >= 4 is 24.4 Å². The zero-order valence-corrected chi connectivity index (χ0v) is 9.53. The molecule has 0 atom stereocenters. The van der Waals surface area contributed by atoms with Gasteiger partial charge in [-0.15, -0.1) is 0 Å². The van der Waals surface area contributed by atoms with Crippen molar-refractivity contribution in [1.82, 2.24) is 14.5 Å². The summed E-state index contributed by atoms with van der Waals surface area (Å²) in [5.41, 5.74) is 0. The maximum Gasteiger partial charge on any atom is 0.200 e. The summed E-state index contributed by atoms with van der Waals surface area (Å²) in [4.78, 5) is 6.99. The van der Waals surface area contributed by atoms with Gasteiger partial charge >= 0.3 is 0 Å². The van der Waals surface area contributed by atoms with Gasteiger partial charge in [0, 0.05) is 6.04 Å². The van der Waals surface area contributed by atoms with E-state index in [0.717, 1.165) is 0 Å². The van der Waals surface area contributed by atoms with Gasteiger partial charge in [0.15, 0.2) is 9.54 Å². The first-order valence-electron chi connectivity index (χ1n) is 4.95. The minimum atomic E-state index is 0.474. The molecule has 1 heterocycles. The van der Waals surface area contributed by atoms with E-state index in [-0.39, 0.29) is 0 Å². The molecule has 0 radical (unpaired) electrons. The van der Waals surface area contributed by atoms with Crippen LogP contribution in [0, 0.1) is 9.54 Å². The molecule has 1 aromatic heterocycles. The topological polar surface area (TPSA) is 33.6 Å². The van der Waals surface area contributed by atoms with E-state index >= 15 is 0 Å². The van der Waals surface area contributed by atoms with Crippen molar-refractivity contribution in [1.29, 1.82) is 0 Å². The quantitative estimate of drug-likeness (QED) is 0.748. The van der Waals surface area contributed by atoms with Gasteiger partial charge in [0.05, 0.1) is 0 Å². The van der Waals surface area contributed by atoms with Crippen molar-refractivity contribution in [3.05, 3.63) is 15.9 Å². The van der Waals surface area contributed by atoms with E-state index < -0.39 is 0 Å². The van der Waals surface area contributed by atoms with Crippen LogP contribution in [-0.2, 0) is 0 Å². The highest BCUT2D eigenvalue weighted by molar-refractivity contribution is 7.71. The van der Waals surface area contributed by atoms with Crippen molar-refractivity contribution in [2.45, 2.75) is 38.1 Å². The van der Waals surface area contributed by atoms with Crippen LogP contribution in [-0.4, -0.2) is 14.5 Å².